The fraction of sp³-hybridized carbons (Fsp3) is 0.941. The Labute approximate surface area is 128 Å². The van der Waals surface area contributed by atoms with E-state index in [9.17, 15) is 9.90 Å². The maximum Gasteiger partial charge on any atom is 0.317 e. The molecule has 4 nitrogen and oxygen atoms in total. The number of rotatable bonds is 4. The molecule has 0 aromatic rings. The summed E-state index contributed by atoms with van der Waals surface area (Å²) in [7, 11) is 0. The van der Waals surface area contributed by atoms with Gasteiger partial charge >= 0.3 is 6.03 Å². The minimum Gasteiger partial charge on any atom is -0.396 e. The molecule has 2 N–H and O–H groups in total. The molecule has 4 heteroatoms. The lowest BCUT2D eigenvalue weighted by Crippen LogP contribution is -2.49. The van der Waals surface area contributed by atoms with Crippen LogP contribution in [0.25, 0.3) is 0 Å². The number of aliphatic hydroxyl groups is 1. The van der Waals surface area contributed by atoms with Gasteiger partial charge in [0.05, 0.1) is 0 Å². The number of aliphatic hydroxyl groups excluding tert-OH is 1. The maximum atomic E-state index is 12.6. The highest BCUT2D eigenvalue weighted by molar-refractivity contribution is 5.75. The van der Waals surface area contributed by atoms with Crippen molar-refractivity contribution in [2.24, 2.45) is 17.8 Å². The van der Waals surface area contributed by atoms with E-state index < -0.39 is 0 Å². The molecule has 120 valence electrons. The smallest absolute Gasteiger partial charge is 0.317 e. The van der Waals surface area contributed by atoms with Crippen LogP contribution in [0.1, 0.15) is 57.8 Å². The van der Waals surface area contributed by atoms with Gasteiger partial charge in [-0.3, -0.25) is 0 Å². The van der Waals surface area contributed by atoms with E-state index >= 15 is 0 Å². The van der Waals surface area contributed by atoms with Crippen molar-refractivity contribution in [2.75, 3.05) is 19.7 Å². The van der Waals surface area contributed by atoms with Gasteiger partial charge in [-0.15, -0.1) is 0 Å². The highest BCUT2D eigenvalue weighted by Crippen LogP contribution is 2.37. The van der Waals surface area contributed by atoms with E-state index in [1.54, 1.807) is 0 Å². The summed E-state index contributed by atoms with van der Waals surface area (Å²) < 4.78 is 0. The number of nitrogens with zero attached hydrogens (tertiary/aromatic N) is 1. The van der Waals surface area contributed by atoms with Gasteiger partial charge in [0.2, 0.25) is 0 Å². The van der Waals surface area contributed by atoms with E-state index in [0.717, 1.165) is 19.5 Å². The molecule has 0 spiro atoms. The van der Waals surface area contributed by atoms with E-state index in [0.29, 0.717) is 17.9 Å². The molecule has 0 bridgehead atoms. The van der Waals surface area contributed by atoms with E-state index in [-0.39, 0.29) is 18.6 Å². The summed E-state index contributed by atoms with van der Waals surface area (Å²) in [6.07, 6.45) is 11.4. The molecule has 0 radical (unpaired) electrons. The van der Waals surface area contributed by atoms with Gasteiger partial charge in [0.1, 0.15) is 0 Å². The van der Waals surface area contributed by atoms with Crippen LogP contribution in [0, 0.1) is 17.8 Å². The standard InChI is InChI=1S/C17H30N2O2/c20-12-13-9-10-19(11-13)17(21)18-16(14-5-1-2-6-14)15-7-3-4-8-15/h13-16,20H,1-12H2,(H,18,21). The number of nitrogens with one attached hydrogen (secondary N) is 1. The highest BCUT2D eigenvalue weighted by Gasteiger charge is 2.36. The lowest BCUT2D eigenvalue weighted by molar-refractivity contribution is 0.180. The Hall–Kier alpha value is -0.770. The van der Waals surface area contributed by atoms with Crippen LogP contribution in [0.3, 0.4) is 0 Å². The molecule has 21 heavy (non-hydrogen) atoms. The zero-order valence-corrected chi connectivity index (χ0v) is 13.1. The zero-order chi connectivity index (χ0) is 14.7. The molecule has 1 unspecified atom stereocenters. The van der Waals surface area contributed by atoms with E-state index in [1.165, 1.54) is 51.4 Å². The summed E-state index contributed by atoms with van der Waals surface area (Å²) in [6.45, 7) is 1.74. The second-order valence-corrected chi connectivity index (χ2v) is 7.35. The average molecular weight is 294 g/mol. The summed E-state index contributed by atoms with van der Waals surface area (Å²) in [5.41, 5.74) is 0. The van der Waals surface area contributed by atoms with Crippen molar-refractivity contribution in [1.29, 1.82) is 0 Å². The molecule has 1 heterocycles. The van der Waals surface area contributed by atoms with Gasteiger partial charge in [0.25, 0.3) is 0 Å². The van der Waals surface area contributed by atoms with Gasteiger partial charge in [0, 0.05) is 31.7 Å². The van der Waals surface area contributed by atoms with Crippen molar-refractivity contribution >= 4 is 6.03 Å². The van der Waals surface area contributed by atoms with Crippen LogP contribution in [-0.2, 0) is 0 Å². The van der Waals surface area contributed by atoms with Gasteiger partial charge in [-0.2, -0.15) is 0 Å². The number of likely N-dealkylation sites (tertiary alicyclic amines) is 1. The van der Waals surface area contributed by atoms with Gasteiger partial charge < -0.3 is 15.3 Å². The third kappa shape index (κ3) is 3.53. The van der Waals surface area contributed by atoms with Gasteiger partial charge in [0.15, 0.2) is 0 Å². The fourth-order valence-electron chi connectivity index (χ4n) is 4.65. The summed E-state index contributed by atoms with van der Waals surface area (Å²) in [5, 5.41) is 12.6. The van der Waals surface area contributed by atoms with Crippen LogP contribution in [0.4, 0.5) is 4.79 Å². The minimum atomic E-state index is 0.120. The number of amides is 2. The van der Waals surface area contributed by atoms with E-state index in [2.05, 4.69) is 5.32 Å². The lowest BCUT2D eigenvalue weighted by Gasteiger charge is -2.32. The Morgan fingerprint density at radius 2 is 1.62 bits per heavy atom. The third-order valence-corrected chi connectivity index (χ3v) is 5.94. The number of hydrogen-bond acceptors (Lipinski definition) is 2. The van der Waals surface area contributed by atoms with Crippen molar-refractivity contribution in [3.05, 3.63) is 0 Å². The number of urea groups is 1. The van der Waals surface area contributed by atoms with Gasteiger partial charge in [-0.1, -0.05) is 25.7 Å². The molecule has 2 amide bonds. The van der Waals surface area contributed by atoms with Crippen LogP contribution < -0.4 is 5.32 Å². The molecule has 2 aliphatic carbocycles. The Morgan fingerprint density at radius 1 is 1.05 bits per heavy atom. The second-order valence-electron chi connectivity index (χ2n) is 7.35. The second kappa shape index (κ2) is 6.99. The summed E-state index contributed by atoms with van der Waals surface area (Å²) in [4.78, 5) is 14.5. The highest BCUT2D eigenvalue weighted by atomic mass is 16.3. The molecular formula is C17H30N2O2. The van der Waals surface area contributed by atoms with Crippen molar-refractivity contribution in [3.63, 3.8) is 0 Å². The Balaban J connectivity index is 1.59. The molecule has 3 rings (SSSR count). The number of hydrogen-bond donors (Lipinski definition) is 2. The molecule has 0 aromatic heterocycles. The first-order valence-corrected chi connectivity index (χ1v) is 8.94. The monoisotopic (exact) mass is 294 g/mol. The maximum absolute atomic E-state index is 12.6. The summed E-state index contributed by atoms with van der Waals surface area (Å²) in [5.74, 6) is 1.69. The van der Waals surface area contributed by atoms with Crippen molar-refractivity contribution < 1.29 is 9.90 Å². The zero-order valence-electron chi connectivity index (χ0n) is 13.1. The van der Waals surface area contributed by atoms with Crippen LogP contribution >= 0.6 is 0 Å². The van der Waals surface area contributed by atoms with Gasteiger partial charge in [-0.25, -0.2) is 4.79 Å². The molecular weight excluding hydrogens is 264 g/mol. The first kappa shape index (κ1) is 15.1. The topological polar surface area (TPSA) is 52.6 Å². The number of carbonyl (C=O) groups is 1. The first-order valence-electron chi connectivity index (χ1n) is 8.94. The largest absolute Gasteiger partial charge is 0.396 e. The molecule has 1 aliphatic heterocycles. The molecule has 1 atom stereocenters. The predicted molar refractivity (Wildman–Crippen MR) is 83.0 cm³/mol. The van der Waals surface area contributed by atoms with E-state index in [1.807, 2.05) is 4.90 Å². The molecule has 1 saturated heterocycles. The van der Waals surface area contributed by atoms with Gasteiger partial charge in [-0.05, 0) is 43.9 Å². The quantitative estimate of drug-likeness (QED) is 0.837. The number of carbonyl (C=O) groups excluding carboxylic acids is 1. The fourth-order valence-corrected chi connectivity index (χ4v) is 4.65. The third-order valence-electron chi connectivity index (χ3n) is 5.94. The van der Waals surface area contributed by atoms with Crippen LogP contribution in [0.15, 0.2) is 0 Å². The van der Waals surface area contributed by atoms with Crippen molar-refractivity contribution in [2.45, 2.75) is 63.8 Å². The predicted octanol–water partition coefficient (Wildman–Crippen LogP) is 2.76. The normalized spacial score (nSPS) is 27.9. The van der Waals surface area contributed by atoms with Crippen LogP contribution in [0.2, 0.25) is 0 Å². The lowest BCUT2D eigenvalue weighted by atomic mass is 9.86. The van der Waals surface area contributed by atoms with E-state index in [4.69, 9.17) is 0 Å². The first-order chi connectivity index (χ1) is 10.3. The summed E-state index contributed by atoms with van der Waals surface area (Å²) in [6, 6.07) is 0.519. The van der Waals surface area contributed by atoms with Crippen molar-refractivity contribution in [3.8, 4) is 0 Å². The Bertz CT molecular complexity index is 333. The SMILES string of the molecule is O=C(NC(C1CCCC1)C1CCCC1)N1CCC(CO)C1. The Kier molecular flexibility index (Phi) is 5.04. The molecule has 3 fully saturated rings. The molecule has 0 aromatic carbocycles. The van der Waals surface area contributed by atoms with Crippen LogP contribution in [-0.4, -0.2) is 41.8 Å². The average Bonchev–Trinajstić information content (AvgIpc) is 3.26. The van der Waals surface area contributed by atoms with Crippen molar-refractivity contribution in [1.82, 2.24) is 10.2 Å². The molecule has 3 aliphatic rings. The summed E-state index contributed by atoms with van der Waals surface area (Å²) >= 11 is 0. The molecule has 2 saturated carbocycles. The minimum absolute atomic E-state index is 0.120. The van der Waals surface area contributed by atoms with Crippen LogP contribution in [0.5, 0.6) is 0 Å². The Morgan fingerprint density at radius 3 is 2.10 bits per heavy atom.